The fraction of sp³-hybridized carbons (Fsp3) is 0.250. The van der Waals surface area contributed by atoms with Crippen molar-refractivity contribution < 1.29 is 0 Å². The maximum absolute atomic E-state index is 13.6. The zero-order chi connectivity index (χ0) is 20.8. The van der Waals surface area contributed by atoms with E-state index in [1.54, 1.807) is 4.57 Å². The monoisotopic (exact) mass is 397 g/mol. The zero-order valence-electron chi connectivity index (χ0n) is 17.3. The Labute approximate surface area is 173 Å². The number of aromatic nitrogens is 5. The van der Waals surface area contributed by atoms with Crippen LogP contribution in [0.4, 0.5) is 0 Å². The highest BCUT2D eigenvalue weighted by atomic mass is 16.1. The van der Waals surface area contributed by atoms with Crippen LogP contribution >= 0.6 is 0 Å². The summed E-state index contributed by atoms with van der Waals surface area (Å²) in [7, 11) is 0. The van der Waals surface area contributed by atoms with E-state index in [1.165, 1.54) is 0 Å². The van der Waals surface area contributed by atoms with E-state index in [0.717, 1.165) is 23.0 Å². The van der Waals surface area contributed by atoms with Gasteiger partial charge < -0.3 is 4.57 Å². The average Bonchev–Trinajstić information content (AvgIpc) is 3.05. The van der Waals surface area contributed by atoms with Crippen molar-refractivity contribution in [3.05, 3.63) is 76.3 Å². The molecule has 5 aromatic rings. The molecule has 0 aliphatic heterocycles. The van der Waals surface area contributed by atoms with E-state index in [1.807, 2.05) is 60.9 Å². The van der Waals surface area contributed by atoms with Gasteiger partial charge in [-0.3, -0.25) is 9.36 Å². The third-order valence-electron chi connectivity index (χ3n) is 5.79. The van der Waals surface area contributed by atoms with Gasteiger partial charge in [0, 0.05) is 6.04 Å². The molecule has 3 heterocycles. The van der Waals surface area contributed by atoms with E-state index in [2.05, 4.69) is 19.1 Å². The molecule has 0 saturated heterocycles. The van der Waals surface area contributed by atoms with Crippen molar-refractivity contribution in [2.24, 2.45) is 0 Å². The van der Waals surface area contributed by atoms with E-state index in [4.69, 9.17) is 15.0 Å². The first-order chi connectivity index (χ1) is 14.6. The van der Waals surface area contributed by atoms with Crippen LogP contribution in [0.5, 0.6) is 0 Å². The van der Waals surface area contributed by atoms with Crippen LogP contribution in [0.3, 0.4) is 0 Å². The highest BCUT2D eigenvalue weighted by molar-refractivity contribution is 6.04. The van der Waals surface area contributed by atoms with Crippen LogP contribution in [-0.4, -0.2) is 24.1 Å². The lowest BCUT2D eigenvalue weighted by atomic mass is 10.2. The standard InChI is InChI=1S/C24H23N5O/c1-4-15(2)29-16(3)25-22-20(24(29)30)21-23(27-19-13-9-8-12-18(19)26-21)28(22)14-17-10-6-5-7-11-17/h5-13,15H,4,14H2,1-3H3. The molecule has 0 saturated carbocycles. The van der Waals surface area contributed by atoms with Gasteiger partial charge in [-0.2, -0.15) is 0 Å². The molecular weight excluding hydrogens is 374 g/mol. The van der Waals surface area contributed by atoms with Crippen molar-refractivity contribution in [1.82, 2.24) is 24.1 Å². The van der Waals surface area contributed by atoms with E-state index in [0.29, 0.717) is 34.6 Å². The molecule has 0 amide bonds. The first-order valence-electron chi connectivity index (χ1n) is 10.3. The van der Waals surface area contributed by atoms with Crippen LogP contribution < -0.4 is 5.56 Å². The summed E-state index contributed by atoms with van der Waals surface area (Å²) < 4.78 is 3.81. The third-order valence-corrected chi connectivity index (χ3v) is 5.79. The predicted octanol–water partition coefficient (Wildman–Crippen LogP) is 4.62. The van der Waals surface area contributed by atoms with Crippen LogP contribution in [0.1, 0.15) is 37.7 Å². The predicted molar refractivity (Wildman–Crippen MR) is 120 cm³/mol. The summed E-state index contributed by atoms with van der Waals surface area (Å²) in [6.45, 7) is 6.60. The van der Waals surface area contributed by atoms with Gasteiger partial charge >= 0.3 is 0 Å². The van der Waals surface area contributed by atoms with E-state index < -0.39 is 0 Å². The second kappa shape index (κ2) is 7.06. The summed E-state index contributed by atoms with van der Waals surface area (Å²) in [6.07, 6.45) is 0.852. The third kappa shape index (κ3) is 2.79. The lowest BCUT2D eigenvalue weighted by Gasteiger charge is -2.16. The van der Waals surface area contributed by atoms with Crippen molar-refractivity contribution in [2.75, 3.05) is 0 Å². The maximum atomic E-state index is 13.6. The molecule has 5 rings (SSSR count). The first kappa shape index (κ1) is 18.5. The lowest BCUT2D eigenvalue weighted by molar-refractivity contribution is 0.496. The van der Waals surface area contributed by atoms with Gasteiger partial charge in [0.15, 0.2) is 11.3 Å². The molecule has 1 unspecified atom stereocenters. The van der Waals surface area contributed by atoms with Gasteiger partial charge in [-0.1, -0.05) is 49.4 Å². The minimum Gasteiger partial charge on any atom is -0.304 e. The number of fused-ring (bicyclic) bond motifs is 4. The Morgan fingerprint density at radius 3 is 2.27 bits per heavy atom. The molecule has 0 N–H and O–H groups in total. The SMILES string of the molecule is CCC(C)n1c(C)nc2c(c1=O)c1nc3ccccc3nc1n2Cc1ccccc1. The summed E-state index contributed by atoms with van der Waals surface area (Å²) in [5.41, 5.74) is 4.61. The molecule has 6 heteroatoms. The van der Waals surface area contributed by atoms with Gasteiger partial charge in [-0.05, 0) is 38.0 Å². The number of benzene rings is 2. The van der Waals surface area contributed by atoms with E-state index in [-0.39, 0.29) is 11.6 Å². The van der Waals surface area contributed by atoms with Gasteiger partial charge in [0.2, 0.25) is 0 Å². The maximum Gasteiger partial charge on any atom is 0.265 e. The molecular formula is C24H23N5O. The molecule has 0 radical (unpaired) electrons. The molecule has 6 nitrogen and oxygen atoms in total. The van der Waals surface area contributed by atoms with E-state index in [9.17, 15) is 4.79 Å². The second-order valence-corrected chi connectivity index (χ2v) is 7.75. The fourth-order valence-corrected chi connectivity index (χ4v) is 4.09. The van der Waals surface area contributed by atoms with Gasteiger partial charge in [-0.15, -0.1) is 0 Å². The largest absolute Gasteiger partial charge is 0.304 e. The van der Waals surface area contributed by atoms with Crippen LogP contribution in [0.25, 0.3) is 33.2 Å². The van der Waals surface area contributed by atoms with Crippen LogP contribution in [0.2, 0.25) is 0 Å². The molecule has 1 atom stereocenters. The smallest absolute Gasteiger partial charge is 0.265 e. The second-order valence-electron chi connectivity index (χ2n) is 7.75. The lowest BCUT2D eigenvalue weighted by Crippen LogP contribution is -2.26. The van der Waals surface area contributed by atoms with Crippen molar-refractivity contribution in [3.63, 3.8) is 0 Å². The molecule has 0 spiro atoms. The van der Waals surface area contributed by atoms with Crippen LogP contribution in [-0.2, 0) is 6.54 Å². The topological polar surface area (TPSA) is 65.6 Å². The number of aryl methyl sites for hydroxylation is 1. The van der Waals surface area contributed by atoms with Crippen molar-refractivity contribution >= 4 is 33.2 Å². The Kier molecular flexibility index (Phi) is 4.35. The Balaban J connectivity index is 1.92. The fourth-order valence-electron chi connectivity index (χ4n) is 4.09. The quantitative estimate of drug-likeness (QED) is 0.444. The highest BCUT2D eigenvalue weighted by Crippen LogP contribution is 2.27. The van der Waals surface area contributed by atoms with Crippen LogP contribution in [0, 0.1) is 6.92 Å². The van der Waals surface area contributed by atoms with Gasteiger partial charge in [0.05, 0.1) is 17.6 Å². The molecule has 0 bridgehead atoms. The van der Waals surface area contributed by atoms with Crippen molar-refractivity contribution in [1.29, 1.82) is 0 Å². The molecule has 0 aliphatic rings. The zero-order valence-corrected chi connectivity index (χ0v) is 17.3. The number of nitrogens with zero attached hydrogens (tertiary/aromatic N) is 5. The highest BCUT2D eigenvalue weighted by Gasteiger charge is 2.22. The Morgan fingerprint density at radius 1 is 0.900 bits per heavy atom. The van der Waals surface area contributed by atoms with Gasteiger partial charge in [0.25, 0.3) is 5.56 Å². The summed E-state index contributed by atoms with van der Waals surface area (Å²) in [6, 6.07) is 18.0. The molecule has 30 heavy (non-hydrogen) atoms. The van der Waals surface area contributed by atoms with Gasteiger partial charge in [-0.25, -0.2) is 15.0 Å². The molecule has 0 fully saturated rings. The first-order valence-corrected chi connectivity index (χ1v) is 10.3. The van der Waals surface area contributed by atoms with Crippen molar-refractivity contribution in [2.45, 2.75) is 39.8 Å². The Bertz CT molecular complexity index is 1450. The number of hydrogen-bond donors (Lipinski definition) is 0. The number of rotatable bonds is 4. The number of hydrogen-bond acceptors (Lipinski definition) is 4. The Morgan fingerprint density at radius 2 is 1.57 bits per heavy atom. The molecule has 150 valence electrons. The minimum atomic E-state index is -0.0479. The molecule has 3 aromatic heterocycles. The molecule has 0 aliphatic carbocycles. The minimum absolute atomic E-state index is 0.0479. The van der Waals surface area contributed by atoms with E-state index >= 15 is 0 Å². The summed E-state index contributed by atoms with van der Waals surface area (Å²) in [5, 5.41) is 0.546. The summed E-state index contributed by atoms with van der Waals surface area (Å²) in [5.74, 6) is 0.712. The summed E-state index contributed by atoms with van der Waals surface area (Å²) in [4.78, 5) is 28.2. The van der Waals surface area contributed by atoms with Gasteiger partial charge in [0.1, 0.15) is 16.7 Å². The average molecular weight is 397 g/mol. The summed E-state index contributed by atoms with van der Waals surface area (Å²) >= 11 is 0. The Hall–Kier alpha value is -3.54. The number of para-hydroxylation sites is 2. The molecule has 2 aromatic carbocycles. The normalized spacial score (nSPS) is 12.8. The van der Waals surface area contributed by atoms with Crippen LogP contribution in [0.15, 0.2) is 59.4 Å². The van der Waals surface area contributed by atoms with Crippen molar-refractivity contribution in [3.8, 4) is 0 Å².